The molecule has 1 heterocycles. The Bertz CT molecular complexity index is 711. The minimum atomic E-state index is -0.586. The van der Waals surface area contributed by atoms with Crippen LogP contribution in [0.25, 0.3) is 0 Å². The normalized spacial score (nSPS) is 10.4. The molecule has 1 aromatic carbocycles. The molecule has 8 heteroatoms. The molecule has 0 saturated heterocycles. The molecule has 2 aromatic rings. The van der Waals surface area contributed by atoms with Gasteiger partial charge in [-0.2, -0.15) is 5.10 Å². The van der Waals surface area contributed by atoms with Crippen LogP contribution < -0.4 is 5.32 Å². The summed E-state index contributed by atoms with van der Waals surface area (Å²) in [5.74, 6) is -0.550. The molecule has 1 amide bonds. The molecule has 0 atom stereocenters. The third-order valence-corrected chi connectivity index (χ3v) is 3.74. The first-order valence-corrected chi connectivity index (χ1v) is 7.30. The number of nitro groups is 1. The van der Waals surface area contributed by atoms with Crippen LogP contribution in [0.1, 0.15) is 16.2 Å². The minimum absolute atomic E-state index is 0.0617. The zero-order chi connectivity index (χ0) is 15.6. The molecule has 0 spiro atoms. The maximum absolute atomic E-state index is 12.4. The molecule has 1 aromatic heterocycles. The van der Waals surface area contributed by atoms with Crippen molar-refractivity contribution in [2.24, 2.45) is 7.05 Å². The van der Waals surface area contributed by atoms with Crippen molar-refractivity contribution in [3.8, 4) is 0 Å². The summed E-state index contributed by atoms with van der Waals surface area (Å²) in [6.07, 6.45) is 1.89. The molecule has 2 rings (SSSR count). The smallest absolute Gasteiger partial charge is 0.319 e. The van der Waals surface area contributed by atoms with E-state index in [-0.39, 0.29) is 17.1 Å². The van der Waals surface area contributed by atoms with E-state index in [1.165, 1.54) is 30.4 Å². The number of thioether (sulfide) groups is 1. The molecule has 7 nitrogen and oxygen atoms in total. The maximum Gasteiger partial charge on any atom is 0.322 e. The van der Waals surface area contributed by atoms with E-state index < -0.39 is 10.8 Å². The summed E-state index contributed by atoms with van der Waals surface area (Å²) in [7, 11) is 1.51. The van der Waals surface area contributed by atoms with Gasteiger partial charge in [-0.15, -0.1) is 11.8 Å². The SMILES string of the molecule is CSc1ccccc1NC(=O)c1c([N+](=O)[O-])c(C)nn1C. The van der Waals surface area contributed by atoms with Gasteiger partial charge in [-0.1, -0.05) is 12.1 Å². The molecule has 0 bridgehead atoms. The van der Waals surface area contributed by atoms with Gasteiger partial charge in [0.15, 0.2) is 0 Å². The van der Waals surface area contributed by atoms with E-state index in [1.807, 2.05) is 18.4 Å². The van der Waals surface area contributed by atoms with Crippen molar-refractivity contribution in [2.45, 2.75) is 11.8 Å². The molecule has 0 fully saturated rings. The Hall–Kier alpha value is -2.35. The summed E-state index contributed by atoms with van der Waals surface area (Å²) in [6, 6.07) is 7.26. The van der Waals surface area contributed by atoms with Crippen LogP contribution in [0.15, 0.2) is 29.2 Å². The molecular weight excluding hydrogens is 292 g/mol. The number of nitrogens with one attached hydrogen (secondary N) is 1. The first-order chi connectivity index (χ1) is 9.95. The van der Waals surface area contributed by atoms with Crippen molar-refractivity contribution < 1.29 is 9.72 Å². The van der Waals surface area contributed by atoms with Crippen LogP contribution in [0.2, 0.25) is 0 Å². The van der Waals surface area contributed by atoms with Gasteiger partial charge < -0.3 is 5.32 Å². The highest BCUT2D eigenvalue weighted by molar-refractivity contribution is 7.98. The Morgan fingerprint density at radius 3 is 2.71 bits per heavy atom. The monoisotopic (exact) mass is 306 g/mol. The van der Waals surface area contributed by atoms with Gasteiger partial charge in [0.1, 0.15) is 5.69 Å². The topological polar surface area (TPSA) is 90.1 Å². The highest BCUT2D eigenvalue weighted by Crippen LogP contribution is 2.27. The second-order valence-electron chi connectivity index (χ2n) is 4.32. The molecule has 110 valence electrons. The Balaban J connectivity index is 2.40. The standard InChI is InChI=1S/C13H14N4O3S/c1-8-11(17(19)20)12(16(2)15-8)13(18)14-9-6-4-5-7-10(9)21-3/h4-7H,1-3H3,(H,14,18). The lowest BCUT2D eigenvalue weighted by Gasteiger charge is -2.08. The Morgan fingerprint density at radius 1 is 1.43 bits per heavy atom. The fourth-order valence-corrected chi connectivity index (χ4v) is 2.60. The molecule has 0 saturated carbocycles. The van der Waals surface area contributed by atoms with Gasteiger partial charge in [0.2, 0.25) is 5.69 Å². The van der Waals surface area contributed by atoms with E-state index in [0.717, 1.165) is 4.90 Å². The third-order valence-electron chi connectivity index (χ3n) is 2.94. The van der Waals surface area contributed by atoms with Crippen LogP contribution in [-0.4, -0.2) is 26.9 Å². The van der Waals surface area contributed by atoms with Gasteiger partial charge in [0.25, 0.3) is 5.91 Å². The van der Waals surface area contributed by atoms with Crippen molar-refractivity contribution in [1.82, 2.24) is 9.78 Å². The van der Waals surface area contributed by atoms with E-state index in [9.17, 15) is 14.9 Å². The Kier molecular flexibility index (Phi) is 4.27. The summed E-state index contributed by atoms with van der Waals surface area (Å²) in [6.45, 7) is 1.50. The summed E-state index contributed by atoms with van der Waals surface area (Å²) in [4.78, 5) is 23.8. The molecule has 0 aliphatic carbocycles. The van der Waals surface area contributed by atoms with Gasteiger partial charge in [-0.05, 0) is 25.3 Å². The number of carbonyl (C=O) groups is 1. The van der Waals surface area contributed by atoms with Crippen molar-refractivity contribution in [1.29, 1.82) is 0 Å². The number of rotatable bonds is 4. The highest BCUT2D eigenvalue weighted by atomic mass is 32.2. The molecule has 21 heavy (non-hydrogen) atoms. The minimum Gasteiger partial charge on any atom is -0.319 e. The van der Waals surface area contributed by atoms with E-state index in [2.05, 4.69) is 10.4 Å². The number of anilines is 1. The maximum atomic E-state index is 12.4. The van der Waals surface area contributed by atoms with Crippen molar-refractivity contribution >= 4 is 29.0 Å². The number of nitrogens with zero attached hydrogens (tertiary/aromatic N) is 3. The van der Waals surface area contributed by atoms with Gasteiger partial charge >= 0.3 is 5.69 Å². The molecule has 0 aliphatic heterocycles. The number of para-hydroxylation sites is 1. The number of aryl methyl sites for hydroxylation is 2. The van der Waals surface area contributed by atoms with Crippen molar-refractivity contribution in [3.63, 3.8) is 0 Å². The summed E-state index contributed by atoms with van der Waals surface area (Å²) >= 11 is 1.48. The predicted molar refractivity (Wildman–Crippen MR) is 80.8 cm³/mol. The highest BCUT2D eigenvalue weighted by Gasteiger charge is 2.29. The van der Waals surface area contributed by atoms with Gasteiger partial charge in [-0.3, -0.25) is 19.6 Å². The van der Waals surface area contributed by atoms with Crippen molar-refractivity contribution in [3.05, 3.63) is 45.8 Å². The number of hydrogen-bond donors (Lipinski definition) is 1. The van der Waals surface area contributed by atoms with Crippen LogP contribution in [-0.2, 0) is 7.05 Å². The van der Waals surface area contributed by atoms with E-state index in [1.54, 1.807) is 12.1 Å². The largest absolute Gasteiger partial charge is 0.322 e. The summed E-state index contributed by atoms with van der Waals surface area (Å²) < 4.78 is 1.23. The fourth-order valence-electron chi connectivity index (χ4n) is 2.05. The van der Waals surface area contributed by atoms with E-state index in [4.69, 9.17) is 0 Å². The molecule has 0 radical (unpaired) electrons. The Labute approximate surface area is 125 Å². The predicted octanol–water partition coefficient (Wildman–Crippen LogP) is 2.61. The van der Waals surface area contributed by atoms with Gasteiger partial charge in [-0.25, -0.2) is 0 Å². The molecule has 0 aliphatic rings. The van der Waals surface area contributed by atoms with Crippen LogP contribution in [0.3, 0.4) is 0 Å². The zero-order valence-corrected chi connectivity index (χ0v) is 12.6. The van der Waals surface area contributed by atoms with Crippen molar-refractivity contribution in [2.75, 3.05) is 11.6 Å². The third kappa shape index (κ3) is 2.89. The average molecular weight is 306 g/mol. The first kappa shape index (κ1) is 15.0. The number of hydrogen-bond acceptors (Lipinski definition) is 5. The lowest BCUT2D eigenvalue weighted by molar-refractivity contribution is -0.385. The first-order valence-electron chi connectivity index (χ1n) is 6.08. The number of aromatic nitrogens is 2. The quantitative estimate of drug-likeness (QED) is 0.532. The lowest BCUT2D eigenvalue weighted by Crippen LogP contribution is -2.18. The number of benzene rings is 1. The van der Waals surface area contributed by atoms with Gasteiger partial charge in [0.05, 0.1) is 10.6 Å². The average Bonchev–Trinajstić information content (AvgIpc) is 2.74. The zero-order valence-electron chi connectivity index (χ0n) is 11.8. The van der Waals surface area contributed by atoms with Crippen LogP contribution in [0.4, 0.5) is 11.4 Å². The number of carbonyl (C=O) groups excluding carboxylic acids is 1. The summed E-state index contributed by atoms with van der Waals surface area (Å²) in [5.41, 5.74) is 0.499. The molecular formula is C13H14N4O3S. The summed E-state index contributed by atoms with van der Waals surface area (Å²) in [5, 5.41) is 17.8. The van der Waals surface area contributed by atoms with E-state index in [0.29, 0.717) is 5.69 Å². The molecule has 0 unspecified atom stereocenters. The van der Waals surface area contributed by atoms with E-state index >= 15 is 0 Å². The second-order valence-corrected chi connectivity index (χ2v) is 5.17. The van der Waals surface area contributed by atoms with Crippen LogP contribution in [0, 0.1) is 17.0 Å². The second kappa shape index (κ2) is 5.96. The molecule has 1 N–H and O–H groups in total. The Morgan fingerprint density at radius 2 is 2.10 bits per heavy atom. The van der Waals surface area contributed by atoms with Crippen LogP contribution >= 0.6 is 11.8 Å². The van der Waals surface area contributed by atoms with Crippen LogP contribution in [0.5, 0.6) is 0 Å². The number of amides is 1. The van der Waals surface area contributed by atoms with Gasteiger partial charge in [0, 0.05) is 11.9 Å². The fraction of sp³-hybridized carbons (Fsp3) is 0.231. The lowest BCUT2D eigenvalue weighted by atomic mass is 10.2.